The smallest absolute Gasteiger partial charge is 0.0634 e. The topological polar surface area (TPSA) is 74.2 Å². The Bertz CT molecular complexity index is 1670. The maximum atomic E-state index is 4.64. The SMILES string of the molecule is C=Nc1ccc(N=C2CCC(=C)CC2)cc1.C=Nc1ccc(N=C2CCCC(=C)C2)cc1.C=Nc1ccc(N=C2CCCCC2=C)cc1. The highest BCUT2D eigenvalue weighted by atomic mass is 14.8. The predicted molar refractivity (Wildman–Crippen MR) is 211 cm³/mol. The van der Waals surface area contributed by atoms with E-state index in [1.54, 1.807) is 0 Å². The lowest BCUT2D eigenvalue weighted by atomic mass is 9.94. The summed E-state index contributed by atoms with van der Waals surface area (Å²) >= 11 is 0. The van der Waals surface area contributed by atoms with Gasteiger partial charge in [0, 0.05) is 23.6 Å². The van der Waals surface area contributed by atoms with Gasteiger partial charge in [0.25, 0.3) is 0 Å². The van der Waals surface area contributed by atoms with Crippen LogP contribution < -0.4 is 0 Å². The fourth-order valence-electron chi connectivity index (χ4n) is 5.61. The summed E-state index contributed by atoms with van der Waals surface area (Å²) in [5.74, 6) is 0. The molecule has 0 heterocycles. The number of allylic oxidation sites excluding steroid dienone is 3. The third-order valence-electron chi connectivity index (χ3n) is 8.47. The van der Waals surface area contributed by atoms with Crippen molar-refractivity contribution in [1.82, 2.24) is 0 Å². The zero-order valence-electron chi connectivity index (χ0n) is 28.3. The van der Waals surface area contributed by atoms with Crippen LogP contribution in [0.3, 0.4) is 0 Å². The Morgan fingerprint density at radius 3 is 1.27 bits per heavy atom. The van der Waals surface area contributed by atoms with E-state index < -0.39 is 0 Å². The molecule has 6 nitrogen and oxygen atoms in total. The highest BCUT2D eigenvalue weighted by Gasteiger charge is 2.12. The largest absolute Gasteiger partial charge is 0.265 e. The number of aliphatic imine (C=N–C) groups is 6. The highest BCUT2D eigenvalue weighted by molar-refractivity contribution is 6.01. The van der Waals surface area contributed by atoms with Gasteiger partial charge >= 0.3 is 0 Å². The van der Waals surface area contributed by atoms with E-state index in [9.17, 15) is 0 Å². The first kappa shape index (κ1) is 35.7. The van der Waals surface area contributed by atoms with E-state index in [2.05, 4.69) is 69.8 Å². The molecular weight excluding hydrogens is 589 g/mol. The molecule has 0 unspecified atom stereocenters. The number of hydrogen-bond donors (Lipinski definition) is 0. The molecule has 3 aliphatic rings. The van der Waals surface area contributed by atoms with Crippen molar-refractivity contribution in [2.24, 2.45) is 30.0 Å². The summed E-state index contributed by atoms with van der Waals surface area (Å²) in [7, 11) is 0. The van der Waals surface area contributed by atoms with Crippen LogP contribution in [0.1, 0.15) is 77.0 Å². The Morgan fingerprint density at radius 1 is 0.375 bits per heavy atom. The summed E-state index contributed by atoms with van der Waals surface area (Å²) in [6.07, 6.45) is 13.3. The van der Waals surface area contributed by atoms with E-state index >= 15 is 0 Å². The molecule has 0 spiro atoms. The first-order valence-electron chi connectivity index (χ1n) is 16.8. The van der Waals surface area contributed by atoms with Crippen molar-refractivity contribution in [1.29, 1.82) is 0 Å². The Hall–Kier alpha value is -5.10. The minimum absolute atomic E-state index is 0.881. The van der Waals surface area contributed by atoms with E-state index in [1.807, 2.05) is 72.8 Å². The van der Waals surface area contributed by atoms with Crippen LogP contribution in [-0.4, -0.2) is 37.3 Å². The standard InChI is InChI=1S/3C14H16N2/c1-11-3-5-13(6-4-11)16-14-9-7-12(15-2)8-10-14;1-11-4-3-5-14(10-11)16-13-8-6-12(15-2)7-9-13;1-11-5-3-4-6-14(11)16-13-9-7-12(15-2)8-10-13/h7-10H,1-6H2;6-9H,1-5,10H2;7-10H,1-6H2. The Morgan fingerprint density at radius 2 is 0.812 bits per heavy atom. The normalized spacial score (nSPS) is 17.8. The lowest BCUT2D eigenvalue weighted by Gasteiger charge is -2.15. The average Bonchev–Trinajstić information content (AvgIpc) is 3.12. The van der Waals surface area contributed by atoms with Crippen LogP contribution in [0.2, 0.25) is 0 Å². The second kappa shape index (κ2) is 18.9. The van der Waals surface area contributed by atoms with E-state index in [0.29, 0.717) is 0 Å². The molecule has 6 heteroatoms. The molecule has 3 saturated carbocycles. The van der Waals surface area contributed by atoms with Gasteiger partial charge in [-0.1, -0.05) is 30.9 Å². The van der Waals surface area contributed by atoms with Crippen LogP contribution in [0.25, 0.3) is 0 Å². The van der Waals surface area contributed by atoms with Crippen LogP contribution >= 0.6 is 0 Å². The fraction of sp³-hybridized carbons (Fsp3) is 0.286. The number of nitrogens with zero attached hydrogens (tertiary/aromatic N) is 6. The summed E-state index contributed by atoms with van der Waals surface area (Å²) in [6.45, 7) is 22.6. The maximum Gasteiger partial charge on any atom is 0.0634 e. The van der Waals surface area contributed by atoms with Gasteiger partial charge in [-0.05, 0) is 169 Å². The first-order valence-corrected chi connectivity index (χ1v) is 16.8. The monoisotopic (exact) mass is 636 g/mol. The zero-order chi connectivity index (χ0) is 34.1. The lowest BCUT2D eigenvalue weighted by Crippen LogP contribution is -2.07. The molecule has 3 aromatic rings. The van der Waals surface area contributed by atoms with Gasteiger partial charge in [0.1, 0.15) is 0 Å². The molecule has 0 aliphatic heterocycles. The Kier molecular flexibility index (Phi) is 14.1. The molecule has 246 valence electrons. The molecular formula is C42H48N6. The average molecular weight is 637 g/mol. The third kappa shape index (κ3) is 11.9. The van der Waals surface area contributed by atoms with Crippen molar-refractivity contribution < 1.29 is 0 Å². The van der Waals surface area contributed by atoms with E-state index in [-0.39, 0.29) is 0 Å². The maximum absolute atomic E-state index is 4.64. The van der Waals surface area contributed by atoms with E-state index in [4.69, 9.17) is 0 Å². The zero-order valence-corrected chi connectivity index (χ0v) is 28.3. The molecule has 3 aliphatic carbocycles. The third-order valence-corrected chi connectivity index (χ3v) is 8.47. The molecule has 3 aromatic carbocycles. The van der Waals surface area contributed by atoms with Crippen molar-refractivity contribution in [3.05, 3.63) is 109 Å². The van der Waals surface area contributed by atoms with Gasteiger partial charge in [0.05, 0.1) is 34.1 Å². The number of rotatable bonds is 6. The van der Waals surface area contributed by atoms with Crippen molar-refractivity contribution in [3.8, 4) is 0 Å². The minimum atomic E-state index is 0.881. The van der Waals surface area contributed by atoms with Crippen molar-refractivity contribution in [2.45, 2.75) is 77.0 Å². The van der Waals surface area contributed by atoms with Crippen LogP contribution in [-0.2, 0) is 0 Å². The molecule has 0 bridgehead atoms. The van der Waals surface area contributed by atoms with Crippen molar-refractivity contribution >= 4 is 71.4 Å². The second-order valence-electron chi connectivity index (χ2n) is 12.3. The number of benzene rings is 3. The quantitative estimate of drug-likeness (QED) is 0.191. The summed E-state index contributed by atoms with van der Waals surface area (Å²) in [5.41, 5.74) is 13.2. The molecule has 6 rings (SSSR count). The molecule has 0 atom stereocenters. The minimum Gasteiger partial charge on any atom is -0.265 e. The van der Waals surface area contributed by atoms with Crippen LogP contribution in [0.15, 0.2) is 139 Å². The summed E-state index contributed by atoms with van der Waals surface area (Å²) in [5, 5.41) is 0. The summed E-state index contributed by atoms with van der Waals surface area (Å²) in [6, 6.07) is 23.5. The van der Waals surface area contributed by atoms with E-state index in [0.717, 1.165) is 97.6 Å². The van der Waals surface area contributed by atoms with Crippen LogP contribution in [0.4, 0.5) is 34.1 Å². The number of hydrogen-bond acceptors (Lipinski definition) is 6. The van der Waals surface area contributed by atoms with Gasteiger partial charge < -0.3 is 0 Å². The van der Waals surface area contributed by atoms with E-state index in [1.165, 1.54) is 47.4 Å². The first-order chi connectivity index (χ1) is 23.3. The summed E-state index contributed by atoms with van der Waals surface area (Å²) < 4.78 is 0. The van der Waals surface area contributed by atoms with Gasteiger partial charge in [0.15, 0.2) is 0 Å². The predicted octanol–water partition coefficient (Wildman–Crippen LogP) is 12.7. The van der Waals surface area contributed by atoms with Gasteiger partial charge in [-0.25, -0.2) is 0 Å². The van der Waals surface area contributed by atoms with Crippen molar-refractivity contribution in [3.63, 3.8) is 0 Å². The Balaban J connectivity index is 0.000000163. The molecule has 0 saturated heterocycles. The molecule has 0 aromatic heterocycles. The molecule has 0 amide bonds. The Labute approximate surface area is 287 Å². The highest BCUT2D eigenvalue weighted by Crippen LogP contribution is 2.27. The van der Waals surface area contributed by atoms with Crippen LogP contribution in [0.5, 0.6) is 0 Å². The molecule has 0 radical (unpaired) electrons. The van der Waals surface area contributed by atoms with Gasteiger partial charge in [-0.15, -0.1) is 0 Å². The van der Waals surface area contributed by atoms with Crippen LogP contribution in [0, 0.1) is 0 Å². The van der Waals surface area contributed by atoms with Gasteiger partial charge in [0.2, 0.25) is 0 Å². The molecule has 48 heavy (non-hydrogen) atoms. The lowest BCUT2D eigenvalue weighted by molar-refractivity contribution is 0.735. The molecule has 3 fully saturated rings. The van der Waals surface area contributed by atoms with Gasteiger partial charge in [-0.3, -0.25) is 30.0 Å². The fourth-order valence-corrected chi connectivity index (χ4v) is 5.61. The van der Waals surface area contributed by atoms with Crippen molar-refractivity contribution in [2.75, 3.05) is 0 Å². The van der Waals surface area contributed by atoms with Gasteiger partial charge in [-0.2, -0.15) is 0 Å². The molecule has 0 N–H and O–H groups in total. The summed E-state index contributed by atoms with van der Waals surface area (Å²) in [4.78, 5) is 25.5. The second-order valence-corrected chi connectivity index (χ2v) is 12.3.